The van der Waals surface area contributed by atoms with Crippen LogP contribution in [-0.4, -0.2) is 28.9 Å². The molecule has 0 saturated heterocycles. The molecule has 0 atom stereocenters. The van der Waals surface area contributed by atoms with Crippen LogP contribution in [0, 0.1) is 5.92 Å². The van der Waals surface area contributed by atoms with Crippen molar-refractivity contribution in [2.24, 2.45) is 5.92 Å². The third-order valence-corrected chi connectivity index (χ3v) is 3.15. The normalized spacial score (nSPS) is 11.2. The van der Waals surface area contributed by atoms with Crippen LogP contribution in [0.25, 0.3) is 10.9 Å². The minimum absolute atomic E-state index is 0.211. The summed E-state index contributed by atoms with van der Waals surface area (Å²) >= 11 is 0. The van der Waals surface area contributed by atoms with Gasteiger partial charge in [-0.2, -0.15) is 0 Å². The number of ether oxygens (including phenoxy) is 1. The van der Waals surface area contributed by atoms with Gasteiger partial charge in [-0.3, -0.25) is 4.79 Å². The smallest absolute Gasteiger partial charge is 0.341 e. The first-order valence-electron chi connectivity index (χ1n) is 6.94. The Kier molecular flexibility index (Phi) is 4.75. The lowest BCUT2D eigenvalue weighted by molar-refractivity contribution is 0.0694. The average molecular weight is 289 g/mol. The molecule has 5 heteroatoms. The highest BCUT2D eigenvalue weighted by Gasteiger charge is 2.13. The number of nitrogens with zero attached hydrogens (tertiary/aromatic N) is 1. The molecular weight excluding hydrogens is 270 g/mol. The van der Waals surface area contributed by atoms with E-state index in [1.807, 2.05) is 12.1 Å². The monoisotopic (exact) mass is 289 g/mol. The lowest BCUT2D eigenvalue weighted by atomic mass is 10.1. The molecule has 112 valence electrons. The van der Waals surface area contributed by atoms with Gasteiger partial charge in [0.2, 0.25) is 5.43 Å². The van der Waals surface area contributed by atoms with Crippen molar-refractivity contribution < 1.29 is 14.6 Å². The summed E-state index contributed by atoms with van der Waals surface area (Å²) in [6.45, 7) is 5.77. The largest absolute Gasteiger partial charge is 0.477 e. The highest BCUT2D eigenvalue weighted by Crippen LogP contribution is 2.12. The number of aromatic nitrogens is 1. The molecule has 0 aliphatic rings. The van der Waals surface area contributed by atoms with Gasteiger partial charge < -0.3 is 14.4 Å². The van der Waals surface area contributed by atoms with Gasteiger partial charge in [0.25, 0.3) is 0 Å². The van der Waals surface area contributed by atoms with Gasteiger partial charge in [0.15, 0.2) is 0 Å². The molecule has 0 aliphatic carbocycles. The number of benzene rings is 1. The van der Waals surface area contributed by atoms with E-state index in [2.05, 4.69) is 13.8 Å². The first kappa shape index (κ1) is 15.3. The van der Waals surface area contributed by atoms with Gasteiger partial charge >= 0.3 is 5.97 Å². The van der Waals surface area contributed by atoms with Gasteiger partial charge in [-0.25, -0.2) is 4.79 Å². The lowest BCUT2D eigenvalue weighted by Gasteiger charge is -2.13. The minimum Gasteiger partial charge on any atom is -0.477 e. The van der Waals surface area contributed by atoms with E-state index in [1.165, 1.54) is 6.20 Å². The van der Waals surface area contributed by atoms with Crippen LogP contribution in [0.5, 0.6) is 0 Å². The number of hydrogen-bond acceptors (Lipinski definition) is 3. The Hall–Kier alpha value is -2.14. The molecule has 0 aliphatic heterocycles. The fraction of sp³-hybridized carbons (Fsp3) is 0.375. The molecule has 0 unspecified atom stereocenters. The molecule has 0 amide bonds. The van der Waals surface area contributed by atoms with Crippen LogP contribution in [0.1, 0.15) is 24.2 Å². The molecule has 1 heterocycles. The Balaban J connectivity index is 2.35. The summed E-state index contributed by atoms with van der Waals surface area (Å²) in [4.78, 5) is 23.3. The van der Waals surface area contributed by atoms with E-state index in [4.69, 9.17) is 9.84 Å². The van der Waals surface area contributed by atoms with Crippen molar-refractivity contribution in [3.63, 3.8) is 0 Å². The third kappa shape index (κ3) is 3.49. The zero-order chi connectivity index (χ0) is 15.4. The Bertz CT molecular complexity index is 703. The number of aromatic carboxylic acids is 1. The van der Waals surface area contributed by atoms with Crippen molar-refractivity contribution in [1.29, 1.82) is 0 Å². The van der Waals surface area contributed by atoms with Crippen LogP contribution >= 0.6 is 0 Å². The molecule has 2 rings (SSSR count). The van der Waals surface area contributed by atoms with Crippen molar-refractivity contribution >= 4 is 16.9 Å². The average Bonchev–Trinajstić information content (AvgIpc) is 2.45. The maximum Gasteiger partial charge on any atom is 0.341 e. The fourth-order valence-electron chi connectivity index (χ4n) is 2.16. The minimum atomic E-state index is -1.21. The van der Waals surface area contributed by atoms with Gasteiger partial charge in [-0.15, -0.1) is 0 Å². The summed E-state index contributed by atoms with van der Waals surface area (Å²) in [5, 5.41) is 9.57. The van der Waals surface area contributed by atoms with Gasteiger partial charge in [0.05, 0.1) is 12.1 Å². The third-order valence-electron chi connectivity index (χ3n) is 3.15. The fourth-order valence-corrected chi connectivity index (χ4v) is 2.16. The maximum atomic E-state index is 12.1. The van der Waals surface area contributed by atoms with E-state index < -0.39 is 11.4 Å². The van der Waals surface area contributed by atoms with Crippen LogP contribution in [0.2, 0.25) is 0 Å². The zero-order valence-electron chi connectivity index (χ0n) is 12.2. The quantitative estimate of drug-likeness (QED) is 0.829. The van der Waals surface area contributed by atoms with Crippen molar-refractivity contribution in [1.82, 2.24) is 4.57 Å². The van der Waals surface area contributed by atoms with Crippen molar-refractivity contribution in [2.45, 2.75) is 20.4 Å². The molecule has 21 heavy (non-hydrogen) atoms. The number of carboxylic acid groups (broad SMARTS) is 1. The predicted molar refractivity (Wildman–Crippen MR) is 80.8 cm³/mol. The van der Waals surface area contributed by atoms with Crippen molar-refractivity contribution in [3.8, 4) is 0 Å². The van der Waals surface area contributed by atoms with E-state index >= 15 is 0 Å². The van der Waals surface area contributed by atoms with E-state index in [0.717, 1.165) is 5.52 Å². The lowest BCUT2D eigenvalue weighted by Crippen LogP contribution is -2.20. The van der Waals surface area contributed by atoms with Crippen molar-refractivity contribution in [3.05, 3.63) is 46.2 Å². The summed E-state index contributed by atoms with van der Waals surface area (Å²) in [5.74, 6) is -0.757. The molecule has 1 aromatic heterocycles. The van der Waals surface area contributed by atoms with Gasteiger partial charge in [0.1, 0.15) is 5.56 Å². The number of carboxylic acids is 1. The van der Waals surface area contributed by atoms with Crippen LogP contribution in [0.3, 0.4) is 0 Å². The molecule has 0 saturated carbocycles. The van der Waals surface area contributed by atoms with Gasteiger partial charge in [-0.05, 0) is 18.1 Å². The molecule has 0 bridgehead atoms. The highest BCUT2D eigenvalue weighted by molar-refractivity contribution is 5.92. The molecule has 0 spiro atoms. The summed E-state index contributed by atoms with van der Waals surface area (Å²) in [6.07, 6.45) is 1.39. The molecule has 5 nitrogen and oxygen atoms in total. The van der Waals surface area contributed by atoms with E-state index in [-0.39, 0.29) is 5.56 Å². The summed E-state index contributed by atoms with van der Waals surface area (Å²) in [7, 11) is 0. The molecule has 1 aromatic carbocycles. The van der Waals surface area contributed by atoms with Crippen LogP contribution in [0.4, 0.5) is 0 Å². The maximum absolute atomic E-state index is 12.1. The molecule has 2 aromatic rings. The molecular formula is C16H19NO4. The Labute approximate surface area is 122 Å². The van der Waals surface area contributed by atoms with Crippen LogP contribution in [-0.2, 0) is 11.3 Å². The zero-order valence-corrected chi connectivity index (χ0v) is 12.2. The first-order chi connectivity index (χ1) is 10.0. The Morgan fingerprint density at radius 2 is 2.05 bits per heavy atom. The number of rotatable bonds is 6. The second-order valence-corrected chi connectivity index (χ2v) is 5.36. The molecule has 1 N–H and O–H groups in total. The summed E-state index contributed by atoms with van der Waals surface area (Å²) < 4.78 is 7.30. The number of hydrogen-bond donors (Lipinski definition) is 1. The number of para-hydroxylation sites is 1. The van der Waals surface area contributed by atoms with E-state index in [9.17, 15) is 9.59 Å². The van der Waals surface area contributed by atoms with E-state index in [0.29, 0.717) is 31.1 Å². The van der Waals surface area contributed by atoms with Crippen LogP contribution in [0.15, 0.2) is 35.3 Å². The Morgan fingerprint density at radius 3 is 2.71 bits per heavy atom. The highest BCUT2D eigenvalue weighted by atomic mass is 16.5. The second-order valence-electron chi connectivity index (χ2n) is 5.36. The van der Waals surface area contributed by atoms with E-state index in [1.54, 1.807) is 16.7 Å². The van der Waals surface area contributed by atoms with Gasteiger partial charge in [0, 0.05) is 24.7 Å². The number of carbonyl (C=O) groups is 1. The number of fused-ring (bicyclic) bond motifs is 1. The van der Waals surface area contributed by atoms with Crippen molar-refractivity contribution in [2.75, 3.05) is 13.2 Å². The summed E-state index contributed by atoms with van der Waals surface area (Å²) in [6, 6.07) is 7.02. The topological polar surface area (TPSA) is 68.5 Å². The number of pyridine rings is 1. The predicted octanol–water partition coefficient (Wildman–Crippen LogP) is 2.37. The summed E-state index contributed by atoms with van der Waals surface area (Å²) in [5.41, 5.74) is 0.0654. The molecule has 0 radical (unpaired) electrons. The SMILES string of the molecule is CC(C)COCCn1cc(C(=O)O)c(=O)c2ccccc21. The second kappa shape index (κ2) is 6.54. The Morgan fingerprint density at radius 1 is 1.33 bits per heavy atom. The molecule has 0 fully saturated rings. The van der Waals surface area contributed by atoms with Crippen LogP contribution < -0.4 is 5.43 Å². The standard InChI is InChI=1S/C16H19NO4/c1-11(2)10-21-8-7-17-9-13(16(19)20)15(18)12-5-3-4-6-14(12)17/h3-6,9,11H,7-8,10H2,1-2H3,(H,19,20). The van der Waals surface area contributed by atoms with Gasteiger partial charge in [-0.1, -0.05) is 26.0 Å². The first-order valence-corrected chi connectivity index (χ1v) is 6.94.